The van der Waals surface area contributed by atoms with Gasteiger partial charge in [-0.05, 0) is 54.1 Å². The molecule has 0 bridgehead atoms. The van der Waals surface area contributed by atoms with Crippen molar-refractivity contribution in [1.82, 2.24) is 0 Å². The molecule has 172 valence electrons. The number of rotatable bonds is 8. The second kappa shape index (κ2) is 10.2. The summed E-state index contributed by atoms with van der Waals surface area (Å²) in [5.74, 6) is 0.113. The van der Waals surface area contributed by atoms with Crippen molar-refractivity contribution in [3.05, 3.63) is 120 Å². The fourth-order valence-electron chi connectivity index (χ4n) is 3.53. The highest BCUT2D eigenvalue weighted by molar-refractivity contribution is 7.92. The van der Waals surface area contributed by atoms with Crippen LogP contribution in [0.5, 0.6) is 5.75 Å². The number of anilines is 2. The maximum atomic E-state index is 13.6. The smallest absolute Gasteiger partial charge is 0.264 e. The molecule has 0 heterocycles. The van der Waals surface area contributed by atoms with Gasteiger partial charge in [0.05, 0.1) is 29.8 Å². The van der Waals surface area contributed by atoms with Gasteiger partial charge in [0, 0.05) is 5.69 Å². The molecule has 0 radical (unpaired) electrons. The molecule has 0 saturated heterocycles. The van der Waals surface area contributed by atoms with Crippen LogP contribution in [0.25, 0.3) is 0 Å². The maximum absolute atomic E-state index is 13.6. The Hall–Kier alpha value is -4.10. The molecule has 0 unspecified atom stereocenters. The molecule has 4 aromatic carbocycles. The summed E-state index contributed by atoms with van der Waals surface area (Å²) >= 11 is 0. The summed E-state index contributed by atoms with van der Waals surface area (Å²) in [6.45, 7) is 0.194. The van der Waals surface area contributed by atoms with Gasteiger partial charge in [-0.15, -0.1) is 0 Å². The van der Waals surface area contributed by atoms with E-state index in [1.807, 2.05) is 36.4 Å². The predicted molar refractivity (Wildman–Crippen MR) is 134 cm³/mol. The number of methoxy groups -OCH3 is 1. The normalized spacial score (nSPS) is 11.0. The van der Waals surface area contributed by atoms with Crippen LogP contribution in [0.4, 0.5) is 11.4 Å². The molecule has 34 heavy (non-hydrogen) atoms. The standard InChI is InChI=1S/C27H24N2O4S/c1-33-26-15-9-8-14-25(26)27(30)28-22-16-18-24(19-17-22)34(31,32)29(23-12-6-3-7-13-23)20-21-10-4-2-5-11-21/h2-19H,20H2,1H3,(H,28,30). The number of hydrogen-bond acceptors (Lipinski definition) is 4. The average Bonchev–Trinajstić information content (AvgIpc) is 2.88. The lowest BCUT2D eigenvalue weighted by atomic mass is 10.2. The molecule has 4 rings (SSSR count). The second-order valence-corrected chi connectivity index (χ2v) is 9.37. The molecule has 1 N–H and O–H groups in total. The molecule has 0 aliphatic rings. The van der Waals surface area contributed by atoms with Crippen LogP contribution in [0, 0.1) is 0 Å². The lowest BCUT2D eigenvalue weighted by Crippen LogP contribution is -2.30. The molecule has 7 heteroatoms. The van der Waals surface area contributed by atoms with Crippen LogP contribution in [0.15, 0.2) is 114 Å². The maximum Gasteiger partial charge on any atom is 0.264 e. The quantitative estimate of drug-likeness (QED) is 0.375. The third kappa shape index (κ3) is 5.10. The third-order valence-corrected chi connectivity index (χ3v) is 7.05. The lowest BCUT2D eigenvalue weighted by Gasteiger charge is -2.25. The van der Waals surface area contributed by atoms with Gasteiger partial charge in [-0.3, -0.25) is 9.10 Å². The number of nitrogens with zero attached hydrogens (tertiary/aromatic N) is 1. The molecule has 0 aliphatic carbocycles. The minimum Gasteiger partial charge on any atom is -0.496 e. The van der Waals surface area contributed by atoms with Gasteiger partial charge in [0.2, 0.25) is 0 Å². The van der Waals surface area contributed by atoms with Crippen LogP contribution in [-0.2, 0) is 16.6 Å². The lowest BCUT2D eigenvalue weighted by molar-refractivity contribution is 0.102. The molecule has 1 amide bonds. The van der Waals surface area contributed by atoms with Crippen molar-refractivity contribution in [2.75, 3.05) is 16.7 Å². The van der Waals surface area contributed by atoms with Crippen LogP contribution >= 0.6 is 0 Å². The molecule has 0 aromatic heterocycles. The average molecular weight is 473 g/mol. The molecule has 0 aliphatic heterocycles. The van der Waals surface area contributed by atoms with E-state index in [-0.39, 0.29) is 17.3 Å². The number of carbonyl (C=O) groups is 1. The van der Waals surface area contributed by atoms with E-state index in [4.69, 9.17) is 4.74 Å². The van der Waals surface area contributed by atoms with E-state index < -0.39 is 10.0 Å². The third-order valence-electron chi connectivity index (χ3n) is 5.26. The van der Waals surface area contributed by atoms with Crippen molar-refractivity contribution in [1.29, 1.82) is 0 Å². The van der Waals surface area contributed by atoms with E-state index in [0.29, 0.717) is 22.7 Å². The van der Waals surface area contributed by atoms with Gasteiger partial charge in [0.15, 0.2) is 0 Å². The molecule has 0 atom stereocenters. The fourth-order valence-corrected chi connectivity index (χ4v) is 4.98. The van der Waals surface area contributed by atoms with E-state index >= 15 is 0 Å². The summed E-state index contributed by atoms with van der Waals surface area (Å²) in [6.07, 6.45) is 0. The van der Waals surface area contributed by atoms with Crippen molar-refractivity contribution < 1.29 is 17.9 Å². The zero-order chi connectivity index (χ0) is 24.0. The number of para-hydroxylation sites is 2. The van der Waals surface area contributed by atoms with Gasteiger partial charge in [-0.1, -0.05) is 60.7 Å². The van der Waals surface area contributed by atoms with Crippen LogP contribution in [0.3, 0.4) is 0 Å². The predicted octanol–water partition coefficient (Wildman–Crippen LogP) is 5.34. The van der Waals surface area contributed by atoms with Crippen LogP contribution in [-0.4, -0.2) is 21.4 Å². The largest absolute Gasteiger partial charge is 0.496 e. The van der Waals surface area contributed by atoms with E-state index in [1.54, 1.807) is 60.7 Å². The number of benzene rings is 4. The van der Waals surface area contributed by atoms with Crippen molar-refractivity contribution in [3.63, 3.8) is 0 Å². The summed E-state index contributed by atoms with van der Waals surface area (Å²) in [7, 11) is -2.36. The van der Waals surface area contributed by atoms with Crippen molar-refractivity contribution in [2.45, 2.75) is 11.4 Å². The topological polar surface area (TPSA) is 75.7 Å². The zero-order valence-corrected chi connectivity index (χ0v) is 19.4. The van der Waals surface area contributed by atoms with E-state index in [9.17, 15) is 13.2 Å². The molecule has 0 fully saturated rings. The Morgan fingerprint density at radius 2 is 1.38 bits per heavy atom. The van der Waals surface area contributed by atoms with Gasteiger partial charge in [0.25, 0.3) is 15.9 Å². The van der Waals surface area contributed by atoms with E-state index in [2.05, 4.69) is 5.32 Å². The van der Waals surface area contributed by atoms with E-state index in [0.717, 1.165) is 5.56 Å². The van der Waals surface area contributed by atoms with Gasteiger partial charge < -0.3 is 10.1 Å². The first kappa shape index (κ1) is 23.1. The highest BCUT2D eigenvalue weighted by Crippen LogP contribution is 2.27. The number of carbonyl (C=O) groups excluding carboxylic acids is 1. The summed E-state index contributed by atoms with van der Waals surface area (Å²) in [4.78, 5) is 12.8. The fraction of sp³-hybridized carbons (Fsp3) is 0.0741. The highest BCUT2D eigenvalue weighted by Gasteiger charge is 2.25. The molecular weight excluding hydrogens is 448 g/mol. The second-order valence-electron chi connectivity index (χ2n) is 7.51. The Labute approximate surface area is 199 Å². The van der Waals surface area contributed by atoms with Crippen molar-refractivity contribution in [3.8, 4) is 5.75 Å². The van der Waals surface area contributed by atoms with Crippen LogP contribution < -0.4 is 14.4 Å². The Bertz CT molecular complexity index is 1360. The number of ether oxygens (including phenoxy) is 1. The van der Waals surface area contributed by atoms with Gasteiger partial charge in [-0.25, -0.2) is 8.42 Å². The summed E-state index contributed by atoms with van der Waals surface area (Å²) in [5, 5.41) is 2.78. The summed E-state index contributed by atoms with van der Waals surface area (Å²) in [6, 6.07) is 31.5. The monoisotopic (exact) mass is 472 g/mol. The molecule has 0 saturated carbocycles. The number of amides is 1. The number of nitrogens with one attached hydrogen (secondary N) is 1. The Morgan fingerprint density at radius 3 is 2.03 bits per heavy atom. The molecule has 6 nitrogen and oxygen atoms in total. The van der Waals surface area contributed by atoms with Gasteiger partial charge in [-0.2, -0.15) is 0 Å². The van der Waals surface area contributed by atoms with Gasteiger partial charge in [0.1, 0.15) is 5.75 Å². The van der Waals surface area contributed by atoms with E-state index in [1.165, 1.54) is 23.5 Å². The Kier molecular flexibility index (Phi) is 6.94. The first-order chi connectivity index (χ1) is 16.5. The minimum absolute atomic E-state index is 0.127. The summed E-state index contributed by atoms with van der Waals surface area (Å²) < 4.78 is 33.8. The minimum atomic E-state index is -3.86. The highest BCUT2D eigenvalue weighted by atomic mass is 32.2. The Balaban J connectivity index is 1.60. The molecule has 0 spiro atoms. The Morgan fingerprint density at radius 1 is 0.794 bits per heavy atom. The van der Waals surface area contributed by atoms with Crippen molar-refractivity contribution in [2.24, 2.45) is 0 Å². The van der Waals surface area contributed by atoms with Crippen molar-refractivity contribution >= 4 is 27.3 Å². The number of hydrogen-bond donors (Lipinski definition) is 1. The first-order valence-corrected chi connectivity index (χ1v) is 12.1. The van der Waals surface area contributed by atoms with Crippen LogP contribution in [0.2, 0.25) is 0 Å². The SMILES string of the molecule is COc1ccccc1C(=O)Nc1ccc(S(=O)(=O)N(Cc2ccccc2)c2ccccc2)cc1. The molecule has 4 aromatic rings. The summed E-state index contributed by atoms with van der Waals surface area (Å²) in [5.41, 5.74) is 2.31. The first-order valence-electron chi connectivity index (χ1n) is 10.7. The molecular formula is C27H24N2O4S. The van der Waals surface area contributed by atoms with Crippen LogP contribution in [0.1, 0.15) is 15.9 Å². The zero-order valence-electron chi connectivity index (χ0n) is 18.6. The van der Waals surface area contributed by atoms with Gasteiger partial charge >= 0.3 is 0 Å². The number of sulfonamides is 1.